The van der Waals surface area contributed by atoms with Gasteiger partial charge >= 0.3 is 0 Å². The fourth-order valence-electron chi connectivity index (χ4n) is 2.91. The second-order valence-electron chi connectivity index (χ2n) is 6.30. The van der Waals surface area contributed by atoms with Gasteiger partial charge in [0.1, 0.15) is 5.75 Å². The van der Waals surface area contributed by atoms with E-state index in [1.807, 2.05) is 53.1 Å². The summed E-state index contributed by atoms with van der Waals surface area (Å²) < 4.78 is 7.38. The number of thioether (sulfide) groups is 1. The molecule has 0 saturated carbocycles. The van der Waals surface area contributed by atoms with E-state index >= 15 is 0 Å². The fraction of sp³-hybridized carbons (Fsp3) is 0.227. The molecule has 0 saturated heterocycles. The van der Waals surface area contributed by atoms with Gasteiger partial charge in [-0.15, -0.1) is 16.8 Å². The van der Waals surface area contributed by atoms with Crippen LogP contribution in [-0.2, 0) is 17.8 Å². The fourth-order valence-corrected chi connectivity index (χ4v) is 3.66. The van der Waals surface area contributed by atoms with Crippen LogP contribution in [-0.4, -0.2) is 33.5 Å². The van der Waals surface area contributed by atoms with Crippen LogP contribution in [0.4, 0.5) is 5.69 Å². The van der Waals surface area contributed by atoms with E-state index in [4.69, 9.17) is 4.74 Å². The maximum atomic E-state index is 12.4. The summed E-state index contributed by atoms with van der Waals surface area (Å²) in [5, 5.41) is 12.2. The topological polar surface area (TPSA) is 69.0 Å². The van der Waals surface area contributed by atoms with Crippen LogP contribution >= 0.6 is 11.8 Å². The SMILES string of the molecule is C=CCn1c(SCC(=O)Nc2cccc(CC)c2)nnc1-c1ccccc1OC. The van der Waals surface area contributed by atoms with Crippen molar-refractivity contribution in [3.05, 3.63) is 66.7 Å². The summed E-state index contributed by atoms with van der Waals surface area (Å²) in [4.78, 5) is 12.4. The highest BCUT2D eigenvalue weighted by Gasteiger charge is 2.17. The van der Waals surface area contributed by atoms with E-state index in [2.05, 4.69) is 29.0 Å². The molecule has 0 fully saturated rings. The van der Waals surface area contributed by atoms with Gasteiger partial charge in [0.15, 0.2) is 11.0 Å². The van der Waals surface area contributed by atoms with E-state index in [1.54, 1.807) is 13.2 Å². The number of aryl methyl sites for hydroxylation is 1. The monoisotopic (exact) mass is 408 g/mol. The van der Waals surface area contributed by atoms with Crippen molar-refractivity contribution in [1.29, 1.82) is 0 Å². The number of aromatic nitrogens is 3. The Morgan fingerprint density at radius 3 is 2.83 bits per heavy atom. The highest BCUT2D eigenvalue weighted by atomic mass is 32.2. The van der Waals surface area contributed by atoms with Crippen molar-refractivity contribution in [3.8, 4) is 17.1 Å². The number of hydrogen-bond acceptors (Lipinski definition) is 5. The lowest BCUT2D eigenvalue weighted by atomic mass is 10.1. The van der Waals surface area contributed by atoms with Crippen LogP contribution in [0, 0.1) is 0 Å². The maximum absolute atomic E-state index is 12.4. The van der Waals surface area contributed by atoms with E-state index in [0.29, 0.717) is 17.5 Å². The van der Waals surface area contributed by atoms with Crippen molar-refractivity contribution in [2.24, 2.45) is 0 Å². The Morgan fingerprint density at radius 2 is 2.07 bits per heavy atom. The Balaban J connectivity index is 1.74. The summed E-state index contributed by atoms with van der Waals surface area (Å²) in [7, 11) is 1.63. The first-order valence-electron chi connectivity index (χ1n) is 9.35. The van der Waals surface area contributed by atoms with Gasteiger partial charge in [-0.25, -0.2) is 0 Å². The summed E-state index contributed by atoms with van der Waals surface area (Å²) in [6, 6.07) is 15.5. The Bertz CT molecular complexity index is 1000. The molecule has 1 aromatic heterocycles. The first kappa shape index (κ1) is 20.7. The molecule has 1 amide bonds. The second kappa shape index (κ2) is 9.93. The number of benzene rings is 2. The average Bonchev–Trinajstić information content (AvgIpc) is 3.15. The Kier molecular flexibility index (Phi) is 7.08. The molecule has 0 aliphatic rings. The normalized spacial score (nSPS) is 10.6. The van der Waals surface area contributed by atoms with Crippen molar-refractivity contribution in [2.45, 2.75) is 25.0 Å². The van der Waals surface area contributed by atoms with Crippen LogP contribution in [0.3, 0.4) is 0 Å². The van der Waals surface area contributed by atoms with Crippen LogP contribution in [0.15, 0.2) is 66.3 Å². The quantitative estimate of drug-likeness (QED) is 0.419. The molecule has 29 heavy (non-hydrogen) atoms. The minimum absolute atomic E-state index is 0.0877. The number of nitrogens with one attached hydrogen (secondary N) is 1. The zero-order valence-electron chi connectivity index (χ0n) is 16.6. The average molecular weight is 409 g/mol. The molecule has 1 heterocycles. The lowest BCUT2D eigenvalue weighted by Crippen LogP contribution is -2.14. The largest absolute Gasteiger partial charge is 0.496 e. The van der Waals surface area contributed by atoms with Gasteiger partial charge < -0.3 is 10.1 Å². The molecule has 3 aromatic rings. The molecule has 0 radical (unpaired) electrons. The summed E-state index contributed by atoms with van der Waals surface area (Å²) >= 11 is 1.34. The zero-order valence-corrected chi connectivity index (χ0v) is 17.4. The highest BCUT2D eigenvalue weighted by molar-refractivity contribution is 7.99. The smallest absolute Gasteiger partial charge is 0.234 e. The summed E-state index contributed by atoms with van der Waals surface area (Å²) in [5.41, 5.74) is 2.83. The van der Waals surface area contributed by atoms with Gasteiger partial charge in [0.2, 0.25) is 5.91 Å². The van der Waals surface area contributed by atoms with Crippen molar-refractivity contribution < 1.29 is 9.53 Å². The number of allylic oxidation sites excluding steroid dienone is 1. The molecular formula is C22H24N4O2S. The Labute approximate surface area is 175 Å². The first-order valence-corrected chi connectivity index (χ1v) is 10.3. The summed E-state index contributed by atoms with van der Waals surface area (Å²) in [6.07, 6.45) is 2.71. The Hall–Kier alpha value is -3.06. The zero-order chi connectivity index (χ0) is 20.6. The number of carbonyl (C=O) groups excluding carboxylic acids is 1. The number of anilines is 1. The molecule has 6 nitrogen and oxygen atoms in total. The number of nitrogens with zero attached hydrogens (tertiary/aromatic N) is 3. The van der Waals surface area contributed by atoms with Crippen LogP contribution in [0.1, 0.15) is 12.5 Å². The molecule has 150 valence electrons. The molecule has 0 bridgehead atoms. The Morgan fingerprint density at radius 1 is 1.24 bits per heavy atom. The molecule has 0 unspecified atom stereocenters. The number of ether oxygens (including phenoxy) is 1. The van der Waals surface area contributed by atoms with Gasteiger partial charge in [0.05, 0.1) is 18.4 Å². The van der Waals surface area contributed by atoms with Gasteiger partial charge in [-0.05, 0) is 36.2 Å². The molecule has 2 aromatic carbocycles. The predicted octanol–water partition coefficient (Wildman–Crippen LogP) is 4.43. The maximum Gasteiger partial charge on any atom is 0.234 e. The van der Waals surface area contributed by atoms with Gasteiger partial charge in [-0.3, -0.25) is 9.36 Å². The minimum Gasteiger partial charge on any atom is -0.496 e. The van der Waals surface area contributed by atoms with Crippen LogP contribution in [0.25, 0.3) is 11.4 Å². The predicted molar refractivity (Wildman–Crippen MR) is 117 cm³/mol. The standard InChI is InChI=1S/C22H24N4O2S/c1-4-13-26-21(18-11-6-7-12-19(18)28-3)24-25-22(26)29-15-20(27)23-17-10-8-9-16(5-2)14-17/h4,6-12,14H,1,5,13,15H2,2-3H3,(H,23,27). The lowest BCUT2D eigenvalue weighted by Gasteiger charge is -2.11. The summed E-state index contributed by atoms with van der Waals surface area (Å²) in [5.74, 6) is 1.55. The molecule has 1 N–H and O–H groups in total. The molecule has 7 heteroatoms. The van der Waals surface area contributed by atoms with Gasteiger partial charge in [-0.1, -0.05) is 49.0 Å². The third-order valence-electron chi connectivity index (χ3n) is 4.33. The molecule has 0 spiro atoms. The molecule has 0 atom stereocenters. The van der Waals surface area contributed by atoms with Crippen LogP contribution in [0.2, 0.25) is 0 Å². The minimum atomic E-state index is -0.0877. The van der Waals surface area contributed by atoms with Crippen molar-refractivity contribution in [3.63, 3.8) is 0 Å². The van der Waals surface area contributed by atoms with Gasteiger partial charge in [-0.2, -0.15) is 0 Å². The lowest BCUT2D eigenvalue weighted by molar-refractivity contribution is -0.113. The number of para-hydroxylation sites is 1. The van der Waals surface area contributed by atoms with Crippen molar-refractivity contribution >= 4 is 23.4 Å². The number of rotatable bonds is 9. The molecule has 0 aliphatic heterocycles. The van der Waals surface area contributed by atoms with Gasteiger partial charge in [0, 0.05) is 12.2 Å². The van der Waals surface area contributed by atoms with E-state index in [0.717, 1.165) is 23.4 Å². The van der Waals surface area contributed by atoms with E-state index in [1.165, 1.54) is 17.3 Å². The van der Waals surface area contributed by atoms with Crippen LogP contribution < -0.4 is 10.1 Å². The van der Waals surface area contributed by atoms with E-state index < -0.39 is 0 Å². The molecular weight excluding hydrogens is 384 g/mol. The molecule has 0 aliphatic carbocycles. The third-order valence-corrected chi connectivity index (χ3v) is 5.29. The number of amides is 1. The summed E-state index contributed by atoms with van der Waals surface area (Å²) in [6.45, 7) is 6.44. The van der Waals surface area contributed by atoms with E-state index in [-0.39, 0.29) is 11.7 Å². The number of methoxy groups -OCH3 is 1. The second-order valence-corrected chi connectivity index (χ2v) is 7.24. The third kappa shape index (κ3) is 5.06. The number of hydrogen-bond donors (Lipinski definition) is 1. The van der Waals surface area contributed by atoms with Crippen LogP contribution in [0.5, 0.6) is 5.75 Å². The van der Waals surface area contributed by atoms with Gasteiger partial charge in [0.25, 0.3) is 0 Å². The van der Waals surface area contributed by atoms with E-state index in [9.17, 15) is 4.79 Å². The first-order chi connectivity index (χ1) is 14.2. The van der Waals surface area contributed by atoms with Crippen molar-refractivity contribution in [2.75, 3.05) is 18.2 Å². The highest BCUT2D eigenvalue weighted by Crippen LogP contribution is 2.30. The van der Waals surface area contributed by atoms with Crippen molar-refractivity contribution in [1.82, 2.24) is 14.8 Å². The number of carbonyl (C=O) groups is 1. The molecule has 3 rings (SSSR count).